The predicted molar refractivity (Wildman–Crippen MR) is 72.6 cm³/mol. The molecule has 0 spiro atoms. The first kappa shape index (κ1) is 15.2. The summed E-state index contributed by atoms with van der Waals surface area (Å²) in [6.45, 7) is 3.58. The van der Waals surface area contributed by atoms with E-state index in [0.717, 1.165) is 31.4 Å². The van der Waals surface area contributed by atoms with E-state index >= 15 is 0 Å². The van der Waals surface area contributed by atoms with Gasteiger partial charge in [-0.2, -0.15) is 4.31 Å². The van der Waals surface area contributed by atoms with Gasteiger partial charge in [0.15, 0.2) is 5.82 Å². The number of benzene rings is 1. The number of rotatable bonds is 2. The molecule has 0 amide bonds. The molecule has 0 bridgehead atoms. The monoisotopic (exact) mass is 304 g/mol. The van der Waals surface area contributed by atoms with E-state index in [1.54, 1.807) is 13.8 Å². The summed E-state index contributed by atoms with van der Waals surface area (Å²) in [7, 11) is -4.02. The molecule has 1 saturated heterocycles. The molecular weight excluding hydrogens is 286 g/mol. The van der Waals surface area contributed by atoms with Gasteiger partial charge in [-0.25, -0.2) is 17.2 Å². The molecule has 1 fully saturated rings. The Morgan fingerprint density at radius 2 is 1.75 bits per heavy atom. The molecule has 1 heterocycles. The molecule has 4 nitrogen and oxygen atoms in total. The van der Waals surface area contributed by atoms with Gasteiger partial charge in [0.1, 0.15) is 16.4 Å². The van der Waals surface area contributed by atoms with Gasteiger partial charge in [-0.1, -0.05) is 6.42 Å². The lowest BCUT2D eigenvalue weighted by Crippen LogP contribution is -2.47. The molecule has 2 atom stereocenters. The van der Waals surface area contributed by atoms with E-state index < -0.39 is 32.2 Å². The van der Waals surface area contributed by atoms with E-state index in [1.165, 1.54) is 4.31 Å². The fraction of sp³-hybridized carbons (Fsp3) is 0.538. The summed E-state index contributed by atoms with van der Waals surface area (Å²) in [6.07, 6.45) is 2.38. The highest BCUT2D eigenvalue weighted by Gasteiger charge is 2.37. The summed E-state index contributed by atoms with van der Waals surface area (Å²) in [5.41, 5.74) is 4.48. The zero-order valence-electron chi connectivity index (χ0n) is 11.4. The number of anilines is 1. The molecule has 2 unspecified atom stereocenters. The summed E-state index contributed by atoms with van der Waals surface area (Å²) in [4.78, 5) is -0.558. The molecule has 0 aromatic heterocycles. The van der Waals surface area contributed by atoms with Crippen molar-refractivity contribution in [2.45, 2.75) is 50.1 Å². The Balaban J connectivity index is 2.52. The lowest BCUT2D eigenvalue weighted by atomic mass is 10.0. The Bertz CT molecular complexity index is 609. The normalized spacial score (nSPS) is 24.8. The third kappa shape index (κ3) is 2.40. The smallest absolute Gasteiger partial charge is 0.246 e. The van der Waals surface area contributed by atoms with E-state index in [-0.39, 0.29) is 12.1 Å². The van der Waals surface area contributed by atoms with Crippen LogP contribution < -0.4 is 5.73 Å². The van der Waals surface area contributed by atoms with Crippen molar-refractivity contribution in [1.29, 1.82) is 0 Å². The molecule has 0 saturated carbocycles. The zero-order chi connectivity index (χ0) is 15.1. The van der Waals surface area contributed by atoms with Crippen LogP contribution in [0.4, 0.5) is 14.5 Å². The van der Waals surface area contributed by atoms with Crippen molar-refractivity contribution in [2.24, 2.45) is 0 Å². The number of piperidine rings is 1. The highest BCUT2D eigenvalue weighted by Crippen LogP contribution is 2.32. The number of nitrogens with zero attached hydrogens (tertiary/aromatic N) is 1. The van der Waals surface area contributed by atoms with Crippen LogP contribution in [0.5, 0.6) is 0 Å². The van der Waals surface area contributed by atoms with Crippen LogP contribution in [-0.4, -0.2) is 24.8 Å². The van der Waals surface area contributed by atoms with E-state index in [1.807, 2.05) is 0 Å². The standard InChI is InChI=1S/C13H18F2N2O2S/c1-8-4-3-5-9(2)17(8)20(18,19)11-7-6-10(14)13(16)12(11)15/h6-9H,3-5,16H2,1-2H3. The Kier molecular flexibility index (Phi) is 4.02. The number of nitrogens with two attached hydrogens (primary N) is 1. The molecule has 112 valence electrons. The fourth-order valence-corrected chi connectivity index (χ4v) is 4.70. The molecule has 2 rings (SSSR count). The Morgan fingerprint density at radius 3 is 2.30 bits per heavy atom. The van der Waals surface area contributed by atoms with Crippen molar-refractivity contribution in [2.75, 3.05) is 5.73 Å². The molecule has 7 heteroatoms. The maximum Gasteiger partial charge on any atom is 0.246 e. The minimum absolute atomic E-state index is 0.213. The van der Waals surface area contributed by atoms with Gasteiger partial charge in [0.05, 0.1) is 0 Å². The van der Waals surface area contributed by atoms with Gasteiger partial charge in [0.25, 0.3) is 0 Å². The number of sulfonamides is 1. The second-order valence-corrected chi connectivity index (χ2v) is 7.05. The summed E-state index contributed by atoms with van der Waals surface area (Å²) in [5.74, 6) is -2.17. The average Bonchev–Trinajstić information content (AvgIpc) is 2.35. The van der Waals surface area contributed by atoms with Gasteiger partial charge in [-0.3, -0.25) is 0 Å². The molecule has 0 radical (unpaired) electrons. The van der Waals surface area contributed by atoms with Crippen LogP contribution >= 0.6 is 0 Å². The molecule has 1 aliphatic heterocycles. The van der Waals surface area contributed by atoms with Gasteiger partial charge in [-0.15, -0.1) is 0 Å². The van der Waals surface area contributed by atoms with E-state index in [4.69, 9.17) is 5.73 Å². The Labute approximate surface area is 117 Å². The van der Waals surface area contributed by atoms with E-state index in [2.05, 4.69) is 0 Å². The largest absolute Gasteiger partial charge is 0.394 e. The molecule has 1 aromatic rings. The number of nitrogen functional groups attached to an aromatic ring is 1. The van der Waals surface area contributed by atoms with Crippen molar-refractivity contribution in [3.63, 3.8) is 0 Å². The third-order valence-electron chi connectivity index (χ3n) is 3.76. The third-order valence-corrected chi connectivity index (χ3v) is 5.91. The first-order valence-corrected chi connectivity index (χ1v) is 7.98. The number of hydrogen-bond donors (Lipinski definition) is 1. The van der Waals surface area contributed by atoms with Crippen molar-refractivity contribution in [3.8, 4) is 0 Å². The van der Waals surface area contributed by atoms with Gasteiger partial charge in [0.2, 0.25) is 10.0 Å². The molecule has 1 aliphatic rings. The SMILES string of the molecule is CC1CCCC(C)N1S(=O)(=O)c1ccc(F)c(N)c1F. The maximum absolute atomic E-state index is 14.0. The van der Waals surface area contributed by atoms with Gasteiger partial charge in [-0.05, 0) is 38.8 Å². The molecule has 20 heavy (non-hydrogen) atoms. The van der Waals surface area contributed by atoms with Gasteiger partial charge in [0, 0.05) is 12.1 Å². The zero-order valence-corrected chi connectivity index (χ0v) is 12.3. The average molecular weight is 304 g/mol. The van der Waals surface area contributed by atoms with Crippen LogP contribution in [0, 0.1) is 11.6 Å². The Hall–Kier alpha value is -1.21. The molecule has 1 aromatic carbocycles. The lowest BCUT2D eigenvalue weighted by molar-refractivity contribution is 0.203. The first-order valence-electron chi connectivity index (χ1n) is 6.53. The summed E-state index contributed by atoms with van der Waals surface area (Å²) >= 11 is 0. The van der Waals surface area contributed by atoms with Crippen LogP contribution in [0.1, 0.15) is 33.1 Å². The fourth-order valence-electron chi connectivity index (χ4n) is 2.73. The highest BCUT2D eigenvalue weighted by molar-refractivity contribution is 7.89. The number of halogens is 2. The van der Waals surface area contributed by atoms with Crippen LogP contribution in [0.2, 0.25) is 0 Å². The second-order valence-electron chi connectivity index (χ2n) is 5.24. The molecule has 0 aliphatic carbocycles. The van der Waals surface area contributed by atoms with Crippen LogP contribution in [0.15, 0.2) is 17.0 Å². The second kappa shape index (κ2) is 5.29. The molecular formula is C13H18F2N2O2S. The maximum atomic E-state index is 14.0. The van der Waals surface area contributed by atoms with Gasteiger partial charge < -0.3 is 5.73 Å². The first-order chi connectivity index (χ1) is 9.26. The summed E-state index contributed by atoms with van der Waals surface area (Å²) in [6, 6.07) is 1.39. The molecule has 2 N–H and O–H groups in total. The van der Waals surface area contributed by atoms with Crippen LogP contribution in [0.25, 0.3) is 0 Å². The minimum atomic E-state index is -4.02. The predicted octanol–water partition coefficient (Wildman–Crippen LogP) is 2.50. The number of hydrogen-bond acceptors (Lipinski definition) is 3. The van der Waals surface area contributed by atoms with E-state index in [0.29, 0.717) is 0 Å². The van der Waals surface area contributed by atoms with Crippen LogP contribution in [0.3, 0.4) is 0 Å². The lowest BCUT2D eigenvalue weighted by Gasteiger charge is -2.37. The quantitative estimate of drug-likeness (QED) is 0.854. The van der Waals surface area contributed by atoms with Crippen molar-refractivity contribution < 1.29 is 17.2 Å². The van der Waals surface area contributed by atoms with Crippen molar-refractivity contribution >= 4 is 15.7 Å². The van der Waals surface area contributed by atoms with Crippen LogP contribution in [-0.2, 0) is 10.0 Å². The summed E-state index contributed by atoms with van der Waals surface area (Å²) in [5, 5.41) is 0. The minimum Gasteiger partial charge on any atom is -0.394 e. The topological polar surface area (TPSA) is 63.4 Å². The Morgan fingerprint density at radius 1 is 1.20 bits per heavy atom. The van der Waals surface area contributed by atoms with Crippen molar-refractivity contribution in [1.82, 2.24) is 4.31 Å². The summed E-state index contributed by atoms with van der Waals surface area (Å²) < 4.78 is 53.7. The van der Waals surface area contributed by atoms with E-state index in [9.17, 15) is 17.2 Å². The van der Waals surface area contributed by atoms with Crippen molar-refractivity contribution in [3.05, 3.63) is 23.8 Å². The highest BCUT2D eigenvalue weighted by atomic mass is 32.2. The van der Waals surface area contributed by atoms with Gasteiger partial charge >= 0.3 is 0 Å².